The van der Waals surface area contributed by atoms with Gasteiger partial charge in [-0.25, -0.2) is 4.39 Å². The number of amides is 1. The van der Waals surface area contributed by atoms with Crippen LogP contribution in [0.1, 0.15) is 29.7 Å². The van der Waals surface area contributed by atoms with Gasteiger partial charge in [0.1, 0.15) is 17.3 Å². The number of likely N-dealkylation sites (tertiary alicyclic amines) is 1. The van der Waals surface area contributed by atoms with Gasteiger partial charge in [0.25, 0.3) is 11.7 Å². The molecule has 0 bridgehead atoms. The molecule has 0 aliphatic carbocycles. The second-order valence-corrected chi connectivity index (χ2v) is 7.71. The second-order valence-electron chi connectivity index (χ2n) is 7.71. The number of nitrogens with zero attached hydrogens (tertiary/aromatic N) is 1. The molecule has 4 rings (SSSR count). The summed E-state index contributed by atoms with van der Waals surface area (Å²) in [5, 5.41) is 11.1. The van der Waals surface area contributed by atoms with Gasteiger partial charge in [0.05, 0.1) is 18.2 Å². The van der Waals surface area contributed by atoms with Crippen LogP contribution >= 0.6 is 0 Å². The molecule has 1 aliphatic rings. The van der Waals surface area contributed by atoms with Crippen molar-refractivity contribution in [2.45, 2.75) is 19.4 Å². The number of aliphatic hydroxyl groups is 1. The molecule has 33 heavy (non-hydrogen) atoms. The molecule has 1 unspecified atom stereocenters. The molecule has 0 radical (unpaired) electrons. The van der Waals surface area contributed by atoms with Gasteiger partial charge in [-0.05, 0) is 49.2 Å². The van der Waals surface area contributed by atoms with Crippen molar-refractivity contribution in [3.8, 4) is 5.75 Å². The van der Waals surface area contributed by atoms with E-state index >= 15 is 0 Å². The number of benzene rings is 3. The molecule has 1 N–H and O–H groups in total. The topological polar surface area (TPSA) is 66.8 Å². The zero-order valence-electron chi connectivity index (χ0n) is 18.2. The molecule has 0 aromatic heterocycles. The monoisotopic (exact) mass is 445 g/mol. The summed E-state index contributed by atoms with van der Waals surface area (Å²) in [5.41, 5.74) is 1.37. The second kappa shape index (κ2) is 9.69. The Hall–Kier alpha value is -3.93. The Morgan fingerprint density at radius 3 is 2.30 bits per heavy atom. The lowest BCUT2D eigenvalue weighted by atomic mass is 9.94. The molecule has 6 heteroatoms. The average molecular weight is 445 g/mol. The van der Waals surface area contributed by atoms with Gasteiger partial charge in [-0.2, -0.15) is 0 Å². The number of hydrogen-bond acceptors (Lipinski definition) is 4. The first-order chi connectivity index (χ1) is 16.0. The molecule has 3 aromatic rings. The fourth-order valence-corrected chi connectivity index (χ4v) is 4.06. The highest BCUT2D eigenvalue weighted by atomic mass is 19.1. The van der Waals surface area contributed by atoms with Crippen molar-refractivity contribution >= 4 is 17.4 Å². The minimum absolute atomic E-state index is 0.123. The van der Waals surface area contributed by atoms with E-state index in [2.05, 4.69) is 0 Å². The fraction of sp³-hybridized carbons (Fsp3) is 0.185. The van der Waals surface area contributed by atoms with Crippen molar-refractivity contribution in [3.05, 3.63) is 107 Å². The van der Waals surface area contributed by atoms with Crippen LogP contribution in [0, 0.1) is 5.82 Å². The van der Waals surface area contributed by atoms with Crippen LogP contribution in [0.3, 0.4) is 0 Å². The van der Waals surface area contributed by atoms with Gasteiger partial charge in [0, 0.05) is 17.7 Å². The Labute approximate surface area is 191 Å². The standard InChI is InChI=1S/C27H24FNO4/c1-2-33-20-14-12-19(13-15-20)25(30)23-24(21-10-6-7-11-22(21)28)29(27(32)26(23)31)17-16-18-8-4-3-5-9-18/h3-15,24,30H,2,16-17H2,1H3/b25-23+. The van der Waals surface area contributed by atoms with Crippen LogP contribution < -0.4 is 4.74 Å². The van der Waals surface area contributed by atoms with Crippen molar-refractivity contribution in [2.75, 3.05) is 13.2 Å². The van der Waals surface area contributed by atoms with Crippen molar-refractivity contribution < 1.29 is 23.8 Å². The maximum Gasteiger partial charge on any atom is 0.295 e. The molecular weight excluding hydrogens is 421 g/mol. The molecule has 1 heterocycles. The van der Waals surface area contributed by atoms with E-state index in [0.717, 1.165) is 5.56 Å². The first-order valence-electron chi connectivity index (χ1n) is 10.8. The van der Waals surface area contributed by atoms with Gasteiger partial charge >= 0.3 is 0 Å². The Kier molecular flexibility index (Phi) is 6.54. The predicted molar refractivity (Wildman–Crippen MR) is 123 cm³/mol. The van der Waals surface area contributed by atoms with Gasteiger partial charge in [-0.1, -0.05) is 48.5 Å². The number of hydrogen-bond donors (Lipinski definition) is 1. The number of ketones is 1. The maximum atomic E-state index is 14.8. The molecule has 1 amide bonds. The third-order valence-corrected chi connectivity index (χ3v) is 5.66. The maximum absolute atomic E-state index is 14.8. The molecule has 1 aliphatic heterocycles. The fourth-order valence-electron chi connectivity index (χ4n) is 4.06. The van der Waals surface area contributed by atoms with Crippen LogP contribution in [0.4, 0.5) is 4.39 Å². The van der Waals surface area contributed by atoms with E-state index in [1.54, 1.807) is 36.4 Å². The summed E-state index contributed by atoms with van der Waals surface area (Å²) in [5.74, 6) is -1.86. The Morgan fingerprint density at radius 1 is 0.970 bits per heavy atom. The van der Waals surface area contributed by atoms with E-state index in [0.29, 0.717) is 24.3 Å². The van der Waals surface area contributed by atoms with Crippen molar-refractivity contribution in [1.29, 1.82) is 0 Å². The number of ether oxygens (including phenoxy) is 1. The first-order valence-corrected chi connectivity index (χ1v) is 10.8. The molecule has 168 valence electrons. The number of aliphatic hydroxyl groups excluding tert-OH is 1. The quantitative estimate of drug-likeness (QED) is 0.320. The van der Waals surface area contributed by atoms with Crippen molar-refractivity contribution in [2.24, 2.45) is 0 Å². The highest BCUT2D eigenvalue weighted by Crippen LogP contribution is 2.40. The van der Waals surface area contributed by atoms with Crippen LogP contribution in [0.25, 0.3) is 5.76 Å². The van der Waals surface area contributed by atoms with E-state index in [1.807, 2.05) is 37.3 Å². The lowest BCUT2D eigenvalue weighted by molar-refractivity contribution is -0.139. The Morgan fingerprint density at radius 2 is 1.64 bits per heavy atom. The molecule has 0 saturated carbocycles. The van der Waals surface area contributed by atoms with Crippen molar-refractivity contribution in [3.63, 3.8) is 0 Å². The molecule has 5 nitrogen and oxygen atoms in total. The normalized spacial score (nSPS) is 17.4. The highest BCUT2D eigenvalue weighted by molar-refractivity contribution is 6.46. The van der Waals surface area contributed by atoms with Gasteiger partial charge in [-0.3, -0.25) is 9.59 Å². The van der Waals surface area contributed by atoms with E-state index in [9.17, 15) is 19.1 Å². The van der Waals surface area contributed by atoms with Crippen LogP contribution in [0.15, 0.2) is 84.4 Å². The van der Waals surface area contributed by atoms with E-state index in [4.69, 9.17) is 4.74 Å². The average Bonchev–Trinajstić information content (AvgIpc) is 3.08. The van der Waals surface area contributed by atoms with Crippen LogP contribution in [0.2, 0.25) is 0 Å². The van der Waals surface area contributed by atoms with E-state index < -0.39 is 23.5 Å². The largest absolute Gasteiger partial charge is 0.507 e. The zero-order valence-corrected chi connectivity index (χ0v) is 18.2. The summed E-state index contributed by atoms with van der Waals surface area (Å²) in [6, 6.07) is 21.1. The van der Waals surface area contributed by atoms with Crippen LogP contribution in [-0.4, -0.2) is 34.8 Å². The van der Waals surface area contributed by atoms with Gasteiger partial charge in [-0.15, -0.1) is 0 Å². The molecule has 0 spiro atoms. The third-order valence-electron chi connectivity index (χ3n) is 5.66. The molecule has 3 aromatic carbocycles. The minimum atomic E-state index is -1.03. The van der Waals surface area contributed by atoms with Crippen LogP contribution in [0.5, 0.6) is 5.75 Å². The molecule has 1 fully saturated rings. The lowest BCUT2D eigenvalue weighted by Gasteiger charge is -2.25. The van der Waals surface area contributed by atoms with Crippen molar-refractivity contribution in [1.82, 2.24) is 4.90 Å². The van der Waals surface area contributed by atoms with Crippen LogP contribution in [-0.2, 0) is 16.0 Å². The number of Topliss-reactive ketones (excluding diaryl/α,β-unsaturated/α-hetero) is 1. The zero-order chi connectivity index (χ0) is 23.4. The summed E-state index contributed by atoms with van der Waals surface area (Å²) in [7, 11) is 0. The minimum Gasteiger partial charge on any atom is -0.507 e. The number of carbonyl (C=O) groups is 2. The summed E-state index contributed by atoms with van der Waals surface area (Å²) < 4.78 is 20.3. The molecular formula is C27H24FNO4. The van der Waals surface area contributed by atoms with E-state index in [-0.39, 0.29) is 23.4 Å². The smallest absolute Gasteiger partial charge is 0.295 e. The van der Waals surface area contributed by atoms with Gasteiger partial charge in [0.15, 0.2) is 0 Å². The number of halogens is 1. The Bertz CT molecular complexity index is 1190. The first kappa shape index (κ1) is 22.3. The Balaban J connectivity index is 1.77. The summed E-state index contributed by atoms with van der Waals surface area (Å²) in [6.45, 7) is 2.55. The predicted octanol–water partition coefficient (Wildman–Crippen LogP) is 4.89. The molecule has 1 saturated heterocycles. The lowest BCUT2D eigenvalue weighted by Crippen LogP contribution is -2.32. The van der Waals surface area contributed by atoms with Gasteiger partial charge in [0.2, 0.25) is 0 Å². The highest BCUT2D eigenvalue weighted by Gasteiger charge is 2.46. The third kappa shape index (κ3) is 4.51. The van der Waals surface area contributed by atoms with E-state index in [1.165, 1.54) is 17.0 Å². The summed E-state index contributed by atoms with van der Waals surface area (Å²) in [4.78, 5) is 27.4. The molecule has 1 atom stereocenters. The number of rotatable bonds is 7. The summed E-state index contributed by atoms with van der Waals surface area (Å²) in [6.07, 6.45) is 0.488. The SMILES string of the molecule is CCOc1ccc(/C(O)=C2\C(=O)C(=O)N(CCc3ccccc3)C2c2ccccc2F)cc1. The number of carbonyl (C=O) groups excluding carboxylic acids is 2. The summed E-state index contributed by atoms with van der Waals surface area (Å²) >= 11 is 0. The van der Waals surface area contributed by atoms with Gasteiger partial charge < -0.3 is 14.7 Å².